The molecule has 0 saturated carbocycles. The van der Waals surface area contributed by atoms with Crippen LogP contribution in [0.15, 0.2) is 4.99 Å². The van der Waals surface area contributed by atoms with Crippen molar-refractivity contribution >= 4 is 5.96 Å². The van der Waals surface area contributed by atoms with Gasteiger partial charge in [0.25, 0.3) is 0 Å². The molecule has 2 saturated heterocycles. The molecule has 2 aliphatic heterocycles. The van der Waals surface area contributed by atoms with Crippen LogP contribution in [0.3, 0.4) is 0 Å². The Hall–Kier alpha value is -0.810. The minimum absolute atomic E-state index is 0.191. The molecule has 0 aliphatic carbocycles. The molecule has 25 heavy (non-hydrogen) atoms. The summed E-state index contributed by atoms with van der Waals surface area (Å²) in [5.41, 5.74) is 0.191. The SMILES string of the molecule is CN=C(NCCN1CCCCCC1)NCC1CCCOC1C(C)(C)C. The summed E-state index contributed by atoms with van der Waals surface area (Å²) in [6.45, 7) is 13.3. The third-order valence-corrected chi connectivity index (χ3v) is 5.47. The third kappa shape index (κ3) is 7.14. The Morgan fingerprint density at radius 2 is 1.80 bits per heavy atom. The molecule has 0 aromatic carbocycles. The van der Waals surface area contributed by atoms with Gasteiger partial charge in [-0.3, -0.25) is 4.99 Å². The minimum Gasteiger partial charge on any atom is -0.377 e. The van der Waals surface area contributed by atoms with E-state index in [0.29, 0.717) is 12.0 Å². The van der Waals surface area contributed by atoms with Crippen LogP contribution in [0.25, 0.3) is 0 Å². The van der Waals surface area contributed by atoms with Crippen molar-refractivity contribution in [3.8, 4) is 0 Å². The molecule has 2 fully saturated rings. The highest BCUT2D eigenvalue weighted by atomic mass is 16.5. The van der Waals surface area contributed by atoms with E-state index in [4.69, 9.17) is 4.74 Å². The lowest BCUT2D eigenvalue weighted by Gasteiger charge is -2.40. The average molecular weight is 353 g/mol. The number of nitrogens with one attached hydrogen (secondary N) is 2. The molecule has 2 N–H and O–H groups in total. The maximum absolute atomic E-state index is 6.09. The summed E-state index contributed by atoms with van der Waals surface area (Å²) >= 11 is 0. The molecule has 2 aliphatic rings. The number of rotatable bonds is 5. The van der Waals surface area contributed by atoms with Crippen molar-refractivity contribution in [1.29, 1.82) is 0 Å². The lowest BCUT2D eigenvalue weighted by atomic mass is 9.78. The predicted octanol–water partition coefficient (Wildman–Crippen LogP) is 2.87. The van der Waals surface area contributed by atoms with Crippen molar-refractivity contribution in [2.45, 2.75) is 65.4 Å². The van der Waals surface area contributed by atoms with Crippen LogP contribution >= 0.6 is 0 Å². The normalized spacial score (nSPS) is 27.0. The van der Waals surface area contributed by atoms with Crippen LogP contribution in [-0.4, -0.2) is 63.3 Å². The van der Waals surface area contributed by atoms with Gasteiger partial charge in [0.15, 0.2) is 5.96 Å². The fourth-order valence-corrected chi connectivity index (χ4v) is 4.15. The number of hydrogen-bond acceptors (Lipinski definition) is 3. The zero-order valence-electron chi connectivity index (χ0n) is 16.9. The van der Waals surface area contributed by atoms with Gasteiger partial charge in [-0.1, -0.05) is 33.6 Å². The number of hydrogen-bond donors (Lipinski definition) is 2. The highest BCUT2D eigenvalue weighted by Crippen LogP contribution is 2.33. The van der Waals surface area contributed by atoms with Gasteiger partial charge in [-0.2, -0.15) is 0 Å². The Labute approximate surface area is 155 Å². The molecule has 2 rings (SSSR count). The summed E-state index contributed by atoms with van der Waals surface area (Å²) in [6.07, 6.45) is 8.21. The fraction of sp³-hybridized carbons (Fsp3) is 0.950. The van der Waals surface area contributed by atoms with Gasteiger partial charge >= 0.3 is 0 Å². The van der Waals surface area contributed by atoms with Gasteiger partial charge in [0.05, 0.1) is 6.10 Å². The molecule has 5 nitrogen and oxygen atoms in total. The van der Waals surface area contributed by atoms with Gasteiger partial charge in [-0.15, -0.1) is 0 Å². The standard InChI is InChI=1S/C20H40N4O/c1-20(2,3)18-17(10-9-15-25-18)16-23-19(21-4)22-11-14-24-12-7-5-6-8-13-24/h17-18H,5-16H2,1-4H3,(H2,21,22,23). The van der Waals surface area contributed by atoms with Crippen LogP contribution in [0.5, 0.6) is 0 Å². The van der Waals surface area contributed by atoms with Crippen LogP contribution in [0.4, 0.5) is 0 Å². The van der Waals surface area contributed by atoms with Crippen LogP contribution in [0.2, 0.25) is 0 Å². The van der Waals surface area contributed by atoms with Gasteiger partial charge in [0.2, 0.25) is 0 Å². The van der Waals surface area contributed by atoms with Gasteiger partial charge < -0.3 is 20.3 Å². The maximum Gasteiger partial charge on any atom is 0.191 e. The summed E-state index contributed by atoms with van der Waals surface area (Å²) < 4.78 is 6.09. The lowest BCUT2D eigenvalue weighted by molar-refractivity contribution is -0.0835. The monoisotopic (exact) mass is 352 g/mol. The van der Waals surface area contributed by atoms with Crippen molar-refractivity contribution in [1.82, 2.24) is 15.5 Å². The zero-order chi connectivity index (χ0) is 18.1. The van der Waals surface area contributed by atoms with Crippen molar-refractivity contribution in [2.75, 3.05) is 46.4 Å². The first kappa shape index (κ1) is 20.5. The Balaban J connectivity index is 1.71. The molecule has 146 valence electrons. The van der Waals surface area contributed by atoms with Gasteiger partial charge in [-0.05, 0) is 44.2 Å². The highest BCUT2D eigenvalue weighted by molar-refractivity contribution is 5.79. The largest absolute Gasteiger partial charge is 0.377 e. The van der Waals surface area contributed by atoms with E-state index < -0.39 is 0 Å². The molecule has 2 heterocycles. The van der Waals surface area contributed by atoms with Crippen LogP contribution in [0, 0.1) is 11.3 Å². The Morgan fingerprint density at radius 3 is 2.44 bits per heavy atom. The maximum atomic E-state index is 6.09. The number of guanidine groups is 1. The summed E-state index contributed by atoms with van der Waals surface area (Å²) in [6, 6.07) is 0. The molecular weight excluding hydrogens is 312 g/mol. The minimum atomic E-state index is 0.191. The van der Waals surface area contributed by atoms with Gasteiger partial charge in [0, 0.05) is 39.2 Å². The second-order valence-electron chi connectivity index (χ2n) is 8.70. The Morgan fingerprint density at radius 1 is 1.08 bits per heavy atom. The summed E-state index contributed by atoms with van der Waals surface area (Å²) in [7, 11) is 1.86. The third-order valence-electron chi connectivity index (χ3n) is 5.47. The summed E-state index contributed by atoms with van der Waals surface area (Å²) in [4.78, 5) is 6.98. The van der Waals surface area contributed by atoms with Crippen molar-refractivity contribution in [3.63, 3.8) is 0 Å². The second kappa shape index (κ2) is 10.4. The summed E-state index contributed by atoms with van der Waals surface area (Å²) in [5, 5.41) is 7.02. The quantitative estimate of drug-likeness (QED) is 0.590. The molecule has 0 spiro atoms. The molecular formula is C20H40N4O. The lowest BCUT2D eigenvalue weighted by Crippen LogP contribution is -2.48. The van der Waals surface area contributed by atoms with E-state index in [1.807, 2.05) is 7.05 Å². The van der Waals surface area contributed by atoms with Crippen LogP contribution in [0.1, 0.15) is 59.3 Å². The smallest absolute Gasteiger partial charge is 0.191 e. The number of aliphatic imine (C=N–C) groups is 1. The molecule has 0 amide bonds. The van der Waals surface area contributed by atoms with E-state index in [1.54, 1.807) is 0 Å². The van der Waals surface area contributed by atoms with Gasteiger partial charge in [0.1, 0.15) is 0 Å². The first-order valence-corrected chi connectivity index (χ1v) is 10.3. The van der Waals surface area contributed by atoms with E-state index in [-0.39, 0.29) is 5.41 Å². The van der Waals surface area contributed by atoms with E-state index in [1.165, 1.54) is 51.6 Å². The number of likely N-dealkylation sites (tertiary alicyclic amines) is 1. The molecule has 0 aromatic rings. The van der Waals surface area contributed by atoms with Crippen LogP contribution < -0.4 is 10.6 Å². The van der Waals surface area contributed by atoms with Crippen molar-refractivity contribution in [2.24, 2.45) is 16.3 Å². The first-order valence-electron chi connectivity index (χ1n) is 10.3. The number of nitrogens with zero attached hydrogens (tertiary/aromatic N) is 2. The van der Waals surface area contributed by atoms with E-state index in [2.05, 4.69) is 41.3 Å². The molecule has 5 heteroatoms. The van der Waals surface area contributed by atoms with Gasteiger partial charge in [-0.25, -0.2) is 0 Å². The Kier molecular flexibility index (Phi) is 8.50. The predicted molar refractivity (Wildman–Crippen MR) is 106 cm³/mol. The first-order chi connectivity index (χ1) is 12.0. The zero-order valence-corrected chi connectivity index (χ0v) is 16.9. The second-order valence-corrected chi connectivity index (χ2v) is 8.70. The molecule has 2 atom stereocenters. The molecule has 2 unspecified atom stereocenters. The molecule has 0 radical (unpaired) electrons. The Bertz CT molecular complexity index is 397. The average Bonchev–Trinajstić information content (AvgIpc) is 2.86. The number of ether oxygens (including phenoxy) is 1. The molecule has 0 aromatic heterocycles. The van der Waals surface area contributed by atoms with Crippen molar-refractivity contribution in [3.05, 3.63) is 0 Å². The molecule has 0 bridgehead atoms. The van der Waals surface area contributed by atoms with Crippen molar-refractivity contribution < 1.29 is 4.74 Å². The van der Waals surface area contributed by atoms with Crippen LogP contribution in [-0.2, 0) is 4.74 Å². The fourth-order valence-electron chi connectivity index (χ4n) is 4.15. The topological polar surface area (TPSA) is 48.9 Å². The highest BCUT2D eigenvalue weighted by Gasteiger charge is 2.35. The van der Waals surface area contributed by atoms with E-state index >= 15 is 0 Å². The van der Waals surface area contributed by atoms with E-state index in [9.17, 15) is 0 Å². The summed E-state index contributed by atoms with van der Waals surface area (Å²) in [5.74, 6) is 1.48. The van der Waals surface area contributed by atoms with E-state index in [0.717, 1.165) is 32.2 Å².